The van der Waals surface area contributed by atoms with E-state index in [2.05, 4.69) is 20.2 Å². The Labute approximate surface area is 107 Å². The lowest BCUT2D eigenvalue weighted by atomic mass is 10.3. The number of carbonyl (C=O) groups excluding carboxylic acids is 1. The Morgan fingerprint density at radius 1 is 1.72 bits per heavy atom. The number of aromatic nitrogens is 1. The Morgan fingerprint density at radius 2 is 2.61 bits per heavy atom. The van der Waals surface area contributed by atoms with E-state index >= 15 is 0 Å². The third-order valence-corrected chi connectivity index (χ3v) is 2.80. The molecule has 6 nitrogen and oxygen atoms in total. The summed E-state index contributed by atoms with van der Waals surface area (Å²) in [7, 11) is 1.35. The van der Waals surface area contributed by atoms with Gasteiger partial charge in [-0.1, -0.05) is 0 Å². The number of furan rings is 1. The smallest absolute Gasteiger partial charge is 0.311 e. The molecule has 2 aromatic rings. The summed E-state index contributed by atoms with van der Waals surface area (Å²) in [5.74, 6) is 0.333. The van der Waals surface area contributed by atoms with E-state index in [4.69, 9.17) is 4.42 Å². The number of rotatable bonds is 5. The average Bonchev–Trinajstić information content (AvgIpc) is 3.01. The first kappa shape index (κ1) is 12.3. The summed E-state index contributed by atoms with van der Waals surface area (Å²) in [5, 5.41) is 6.35. The van der Waals surface area contributed by atoms with Crippen molar-refractivity contribution in [3.05, 3.63) is 35.2 Å². The SMILES string of the molecule is COC(=O)Cc1csc(N/N=C\c2ccco2)n1. The van der Waals surface area contributed by atoms with Crippen molar-refractivity contribution >= 4 is 28.7 Å². The highest BCUT2D eigenvalue weighted by atomic mass is 32.1. The molecule has 2 aromatic heterocycles. The van der Waals surface area contributed by atoms with Crippen LogP contribution in [0.3, 0.4) is 0 Å². The summed E-state index contributed by atoms with van der Waals surface area (Å²) in [6, 6.07) is 3.56. The molecule has 0 atom stereocenters. The Morgan fingerprint density at radius 3 is 3.33 bits per heavy atom. The summed E-state index contributed by atoms with van der Waals surface area (Å²) >= 11 is 1.36. The van der Waals surface area contributed by atoms with Crippen LogP contribution in [0.25, 0.3) is 0 Å². The predicted molar refractivity (Wildman–Crippen MR) is 67.8 cm³/mol. The Bertz CT molecular complexity index is 533. The minimum atomic E-state index is -0.314. The van der Waals surface area contributed by atoms with Crippen molar-refractivity contribution in [1.29, 1.82) is 0 Å². The highest BCUT2D eigenvalue weighted by Crippen LogP contribution is 2.15. The second-order valence-corrected chi connectivity index (χ2v) is 4.14. The van der Waals surface area contributed by atoms with Crippen LogP contribution in [0.5, 0.6) is 0 Å². The Kier molecular flexibility index (Phi) is 4.08. The first-order valence-corrected chi connectivity index (χ1v) is 5.99. The number of hydrogen-bond acceptors (Lipinski definition) is 7. The number of carbonyl (C=O) groups is 1. The molecule has 0 aliphatic rings. The van der Waals surface area contributed by atoms with Gasteiger partial charge in [0.2, 0.25) is 5.13 Å². The lowest BCUT2D eigenvalue weighted by Gasteiger charge is -1.94. The van der Waals surface area contributed by atoms with Gasteiger partial charge in [0.15, 0.2) is 0 Å². The summed E-state index contributed by atoms with van der Waals surface area (Å²) in [6.45, 7) is 0. The minimum absolute atomic E-state index is 0.163. The van der Waals surface area contributed by atoms with Gasteiger partial charge in [-0.05, 0) is 12.1 Å². The molecule has 0 radical (unpaired) electrons. The normalized spacial score (nSPS) is 10.7. The number of hydrogen-bond donors (Lipinski definition) is 1. The van der Waals surface area contributed by atoms with Gasteiger partial charge in [0.25, 0.3) is 0 Å². The average molecular weight is 265 g/mol. The standard InChI is InChI=1S/C11H11N3O3S/c1-16-10(15)5-8-7-18-11(13-8)14-12-6-9-3-2-4-17-9/h2-4,6-7H,5H2,1H3,(H,13,14)/b12-6-. The number of thiazole rings is 1. The van der Waals surface area contributed by atoms with E-state index in [0.717, 1.165) is 0 Å². The molecule has 7 heteroatoms. The van der Waals surface area contributed by atoms with Crippen LogP contribution in [0.15, 0.2) is 33.3 Å². The molecular formula is C11H11N3O3S. The second-order valence-electron chi connectivity index (χ2n) is 3.28. The van der Waals surface area contributed by atoms with Crippen molar-refractivity contribution in [3.63, 3.8) is 0 Å². The highest BCUT2D eigenvalue weighted by molar-refractivity contribution is 7.13. The topological polar surface area (TPSA) is 76.7 Å². The molecule has 0 bridgehead atoms. The zero-order valence-electron chi connectivity index (χ0n) is 9.62. The van der Waals surface area contributed by atoms with E-state index in [1.54, 1.807) is 30.0 Å². The van der Waals surface area contributed by atoms with Crippen LogP contribution in [0.1, 0.15) is 11.5 Å². The third kappa shape index (κ3) is 3.42. The molecule has 2 rings (SSSR count). The molecule has 1 N–H and O–H groups in total. The van der Waals surface area contributed by atoms with Gasteiger partial charge < -0.3 is 9.15 Å². The van der Waals surface area contributed by atoms with Crippen molar-refractivity contribution in [2.45, 2.75) is 6.42 Å². The number of esters is 1. The number of ether oxygens (including phenoxy) is 1. The zero-order valence-corrected chi connectivity index (χ0v) is 10.4. The van der Waals surface area contributed by atoms with Crippen molar-refractivity contribution in [1.82, 2.24) is 4.98 Å². The Hall–Kier alpha value is -2.15. The van der Waals surface area contributed by atoms with Crippen molar-refractivity contribution in [2.24, 2.45) is 5.10 Å². The first-order chi connectivity index (χ1) is 8.78. The van der Waals surface area contributed by atoms with E-state index in [0.29, 0.717) is 16.6 Å². The van der Waals surface area contributed by atoms with Gasteiger partial charge in [-0.15, -0.1) is 11.3 Å². The van der Waals surface area contributed by atoms with Crippen LogP contribution in [-0.2, 0) is 16.0 Å². The molecule has 0 unspecified atom stereocenters. The fourth-order valence-corrected chi connectivity index (χ4v) is 1.83. The summed E-state index contributed by atoms with van der Waals surface area (Å²) < 4.78 is 9.63. The highest BCUT2D eigenvalue weighted by Gasteiger charge is 2.06. The fraction of sp³-hybridized carbons (Fsp3) is 0.182. The largest absolute Gasteiger partial charge is 0.469 e. The van der Waals surface area contributed by atoms with E-state index in [1.807, 2.05) is 0 Å². The van der Waals surface area contributed by atoms with Gasteiger partial charge in [-0.3, -0.25) is 10.2 Å². The molecule has 94 valence electrons. The second kappa shape index (κ2) is 5.97. The maximum absolute atomic E-state index is 11.0. The predicted octanol–water partition coefficient (Wildman–Crippen LogP) is 1.90. The van der Waals surface area contributed by atoms with Gasteiger partial charge >= 0.3 is 5.97 Å². The lowest BCUT2D eigenvalue weighted by Crippen LogP contribution is -2.04. The number of methoxy groups -OCH3 is 1. The Balaban J connectivity index is 1.89. The molecule has 18 heavy (non-hydrogen) atoms. The number of hydrazone groups is 1. The van der Waals surface area contributed by atoms with Crippen LogP contribution in [0.4, 0.5) is 5.13 Å². The first-order valence-electron chi connectivity index (χ1n) is 5.11. The van der Waals surface area contributed by atoms with Gasteiger partial charge in [0, 0.05) is 5.38 Å². The van der Waals surface area contributed by atoms with Crippen LogP contribution in [0.2, 0.25) is 0 Å². The van der Waals surface area contributed by atoms with E-state index in [1.165, 1.54) is 18.4 Å². The number of anilines is 1. The molecule has 0 aliphatic carbocycles. The van der Waals surface area contributed by atoms with E-state index in [9.17, 15) is 4.79 Å². The molecule has 0 spiro atoms. The quantitative estimate of drug-likeness (QED) is 0.507. The van der Waals surface area contributed by atoms with Crippen LogP contribution >= 0.6 is 11.3 Å². The third-order valence-electron chi connectivity index (χ3n) is 2.00. The molecule has 0 fully saturated rings. The van der Waals surface area contributed by atoms with Crippen LogP contribution in [-0.4, -0.2) is 24.3 Å². The number of nitrogens with zero attached hydrogens (tertiary/aromatic N) is 2. The maximum atomic E-state index is 11.0. The van der Waals surface area contributed by atoms with Gasteiger partial charge in [-0.2, -0.15) is 5.10 Å². The molecule has 0 saturated heterocycles. The number of nitrogens with one attached hydrogen (secondary N) is 1. The van der Waals surface area contributed by atoms with Crippen molar-refractivity contribution in [3.8, 4) is 0 Å². The van der Waals surface area contributed by atoms with E-state index < -0.39 is 0 Å². The summed E-state index contributed by atoms with van der Waals surface area (Å²) in [5.41, 5.74) is 3.41. The van der Waals surface area contributed by atoms with Gasteiger partial charge in [0.1, 0.15) is 5.76 Å². The molecule has 0 aromatic carbocycles. The van der Waals surface area contributed by atoms with Gasteiger partial charge in [-0.25, -0.2) is 4.98 Å². The summed E-state index contributed by atoms with van der Waals surface area (Å²) in [6.07, 6.45) is 3.27. The minimum Gasteiger partial charge on any atom is -0.469 e. The van der Waals surface area contributed by atoms with Crippen LogP contribution < -0.4 is 5.43 Å². The van der Waals surface area contributed by atoms with Crippen LogP contribution in [0, 0.1) is 0 Å². The molecule has 0 amide bonds. The fourth-order valence-electron chi connectivity index (χ4n) is 1.18. The molecular weight excluding hydrogens is 254 g/mol. The molecule has 0 saturated carbocycles. The monoisotopic (exact) mass is 265 g/mol. The van der Waals surface area contributed by atoms with E-state index in [-0.39, 0.29) is 12.4 Å². The molecule has 0 aliphatic heterocycles. The lowest BCUT2D eigenvalue weighted by molar-refractivity contribution is -0.139. The summed E-state index contributed by atoms with van der Waals surface area (Å²) in [4.78, 5) is 15.2. The zero-order chi connectivity index (χ0) is 12.8. The molecule has 2 heterocycles. The maximum Gasteiger partial charge on any atom is 0.311 e. The van der Waals surface area contributed by atoms with Crippen molar-refractivity contribution in [2.75, 3.05) is 12.5 Å². The van der Waals surface area contributed by atoms with Gasteiger partial charge in [0.05, 0.1) is 31.7 Å². The van der Waals surface area contributed by atoms with Crippen molar-refractivity contribution < 1.29 is 13.9 Å².